The molecule has 7 heteroatoms. The Morgan fingerprint density at radius 2 is 2.04 bits per heavy atom. The lowest BCUT2D eigenvalue weighted by molar-refractivity contribution is -0.133. The predicted molar refractivity (Wildman–Crippen MR) is 107 cm³/mol. The number of amides is 2. The number of furan rings is 1. The summed E-state index contributed by atoms with van der Waals surface area (Å²) in [5.74, 6) is 2.08. The van der Waals surface area contributed by atoms with E-state index in [4.69, 9.17) is 16.0 Å². The summed E-state index contributed by atoms with van der Waals surface area (Å²) in [6.07, 6.45) is 3.00. The van der Waals surface area contributed by atoms with Gasteiger partial charge in [0.25, 0.3) is 0 Å². The van der Waals surface area contributed by atoms with Gasteiger partial charge in [-0.05, 0) is 42.7 Å². The van der Waals surface area contributed by atoms with E-state index < -0.39 is 0 Å². The second kappa shape index (κ2) is 9.85. The highest BCUT2D eigenvalue weighted by Gasteiger charge is 2.27. The van der Waals surface area contributed by atoms with Crippen LogP contribution in [0.5, 0.6) is 0 Å². The van der Waals surface area contributed by atoms with Gasteiger partial charge in [0.15, 0.2) is 0 Å². The number of piperidine rings is 1. The zero-order valence-electron chi connectivity index (χ0n) is 15.0. The zero-order valence-corrected chi connectivity index (χ0v) is 16.6. The summed E-state index contributed by atoms with van der Waals surface area (Å²) >= 11 is 7.57. The summed E-state index contributed by atoms with van der Waals surface area (Å²) in [5.41, 5.74) is 1.12. The first kappa shape index (κ1) is 19.8. The number of halogens is 1. The van der Waals surface area contributed by atoms with E-state index in [0.717, 1.165) is 17.1 Å². The molecule has 1 N–H and O–H groups in total. The fourth-order valence-electron chi connectivity index (χ4n) is 3.10. The van der Waals surface area contributed by atoms with Crippen LogP contribution in [0.3, 0.4) is 0 Å². The van der Waals surface area contributed by atoms with Crippen molar-refractivity contribution in [2.75, 3.05) is 18.8 Å². The van der Waals surface area contributed by atoms with Crippen LogP contribution in [0.4, 0.5) is 0 Å². The Kier molecular flexibility index (Phi) is 7.24. The second-order valence-electron chi connectivity index (χ2n) is 6.57. The maximum atomic E-state index is 12.4. The standard InChI is InChI=1S/C20H23ClN2O3S/c21-17-4-1-3-15(11-17)13-27-14-19(24)23-8-6-16(7-9-23)20(25)22-12-18-5-2-10-26-18/h1-5,10-11,16H,6-9,12-14H2,(H,22,25). The van der Waals surface area contributed by atoms with Crippen molar-refractivity contribution in [2.24, 2.45) is 5.92 Å². The SMILES string of the molecule is O=C(NCc1ccco1)C1CCN(C(=O)CSCc2cccc(Cl)c2)CC1. The molecular formula is C20H23ClN2O3S. The van der Waals surface area contributed by atoms with Gasteiger partial charge < -0.3 is 14.6 Å². The van der Waals surface area contributed by atoms with Gasteiger partial charge in [-0.2, -0.15) is 0 Å². The molecule has 0 radical (unpaired) electrons. The molecule has 3 rings (SSSR count). The van der Waals surface area contributed by atoms with Crippen molar-refractivity contribution in [1.82, 2.24) is 10.2 Å². The molecule has 0 atom stereocenters. The van der Waals surface area contributed by atoms with E-state index in [0.29, 0.717) is 43.3 Å². The molecule has 1 saturated heterocycles. The van der Waals surface area contributed by atoms with Gasteiger partial charge in [-0.15, -0.1) is 11.8 Å². The van der Waals surface area contributed by atoms with Crippen LogP contribution < -0.4 is 5.32 Å². The van der Waals surface area contributed by atoms with Crippen LogP contribution in [0.25, 0.3) is 0 Å². The van der Waals surface area contributed by atoms with Gasteiger partial charge in [0.2, 0.25) is 11.8 Å². The van der Waals surface area contributed by atoms with Gasteiger partial charge in [-0.25, -0.2) is 0 Å². The third-order valence-corrected chi connectivity index (χ3v) is 5.84. The number of carbonyl (C=O) groups excluding carboxylic acids is 2. The Morgan fingerprint density at radius 1 is 1.22 bits per heavy atom. The van der Waals surface area contributed by atoms with Crippen LogP contribution >= 0.6 is 23.4 Å². The molecule has 2 aromatic rings. The van der Waals surface area contributed by atoms with Crippen molar-refractivity contribution in [3.8, 4) is 0 Å². The number of hydrogen-bond acceptors (Lipinski definition) is 4. The number of thioether (sulfide) groups is 1. The number of nitrogens with zero attached hydrogens (tertiary/aromatic N) is 1. The summed E-state index contributed by atoms with van der Waals surface area (Å²) < 4.78 is 5.22. The molecule has 0 bridgehead atoms. The molecule has 1 aliphatic heterocycles. The molecule has 2 heterocycles. The molecule has 0 unspecified atom stereocenters. The van der Waals surface area contributed by atoms with Crippen molar-refractivity contribution in [1.29, 1.82) is 0 Å². The lowest BCUT2D eigenvalue weighted by Crippen LogP contribution is -2.43. The van der Waals surface area contributed by atoms with Gasteiger partial charge in [0.1, 0.15) is 5.76 Å². The normalized spacial score (nSPS) is 14.9. The molecule has 0 spiro atoms. The minimum absolute atomic E-state index is 0.0360. The van der Waals surface area contributed by atoms with Crippen LogP contribution in [-0.4, -0.2) is 35.6 Å². The highest BCUT2D eigenvalue weighted by Crippen LogP contribution is 2.20. The van der Waals surface area contributed by atoms with Crippen LogP contribution in [0.1, 0.15) is 24.2 Å². The molecule has 1 aliphatic rings. The lowest BCUT2D eigenvalue weighted by atomic mass is 9.96. The molecule has 27 heavy (non-hydrogen) atoms. The highest BCUT2D eigenvalue weighted by molar-refractivity contribution is 7.99. The molecule has 2 amide bonds. The van der Waals surface area contributed by atoms with Crippen LogP contribution in [0.2, 0.25) is 5.02 Å². The molecule has 0 aliphatic carbocycles. The minimum Gasteiger partial charge on any atom is -0.467 e. The first-order valence-electron chi connectivity index (χ1n) is 9.02. The van der Waals surface area contributed by atoms with Gasteiger partial charge >= 0.3 is 0 Å². The van der Waals surface area contributed by atoms with Crippen LogP contribution in [0, 0.1) is 5.92 Å². The Labute approximate surface area is 168 Å². The Hall–Kier alpha value is -1.92. The van der Waals surface area contributed by atoms with Crippen molar-refractivity contribution >= 4 is 35.2 Å². The predicted octanol–water partition coefficient (Wildman–Crippen LogP) is 3.72. The number of rotatable bonds is 7. The van der Waals surface area contributed by atoms with Crippen molar-refractivity contribution in [3.63, 3.8) is 0 Å². The summed E-state index contributed by atoms with van der Waals surface area (Å²) in [6, 6.07) is 11.3. The summed E-state index contributed by atoms with van der Waals surface area (Å²) in [5, 5.41) is 3.62. The topological polar surface area (TPSA) is 62.6 Å². The number of carbonyl (C=O) groups is 2. The van der Waals surface area contributed by atoms with E-state index >= 15 is 0 Å². The molecule has 144 valence electrons. The number of likely N-dealkylation sites (tertiary alicyclic amines) is 1. The molecule has 0 saturated carbocycles. The molecule has 1 aromatic carbocycles. The molecule has 1 aromatic heterocycles. The average Bonchev–Trinajstić information content (AvgIpc) is 3.20. The fraction of sp³-hybridized carbons (Fsp3) is 0.400. The van der Waals surface area contributed by atoms with E-state index in [1.165, 1.54) is 0 Å². The zero-order chi connectivity index (χ0) is 19.1. The summed E-state index contributed by atoms with van der Waals surface area (Å²) in [6.45, 7) is 1.68. The Balaban J connectivity index is 1.35. The van der Waals surface area contributed by atoms with Gasteiger partial charge in [0, 0.05) is 29.8 Å². The van der Waals surface area contributed by atoms with Crippen molar-refractivity contribution in [2.45, 2.75) is 25.1 Å². The highest BCUT2D eigenvalue weighted by atomic mass is 35.5. The van der Waals surface area contributed by atoms with Crippen LogP contribution in [0.15, 0.2) is 47.1 Å². The molecule has 1 fully saturated rings. The van der Waals surface area contributed by atoms with Gasteiger partial charge in [-0.3, -0.25) is 9.59 Å². The molecular weight excluding hydrogens is 384 g/mol. The van der Waals surface area contributed by atoms with E-state index in [1.807, 2.05) is 35.2 Å². The Bertz CT molecular complexity index is 758. The second-order valence-corrected chi connectivity index (χ2v) is 8.00. The van der Waals surface area contributed by atoms with E-state index in [-0.39, 0.29) is 17.7 Å². The maximum Gasteiger partial charge on any atom is 0.232 e. The maximum absolute atomic E-state index is 12.4. The monoisotopic (exact) mass is 406 g/mol. The van der Waals surface area contributed by atoms with E-state index in [9.17, 15) is 9.59 Å². The average molecular weight is 407 g/mol. The summed E-state index contributed by atoms with van der Waals surface area (Å²) in [7, 11) is 0. The van der Waals surface area contributed by atoms with E-state index in [2.05, 4.69) is 5.32 Å². The third-order valence-electron chi connectivity index (χ3n) is 4.62. The van der Waals surface area contributed by atoms with E-state index in [1.54, 1.807) is 24.1 Å². The Morgan fingerprint density at radius 3 is 2.74 bits per heavy atom. The van der Waals surface area contributed by atoms with Crippen molar-refractivity contribution < 1.29 is 14.0 Å². The fourth-order valence-corrected chi connectivity index (χ4v) is 4.18. The van der Waals surface area contributed by atoms with Crippen LogP contribution in [-0.2, 0) is 21.9 Å². The quantitative estimate of drug-likeness (QED) is 0.761. The van der Waals surface area contributed by atoms with Crippen molar-refractivity contribution in [3.05, 3.63) is 59.0 Å². The lowest BCUT2D eigenvalue weighted by Gasteiger charge is -2.31. The number of benzene rings is 1. The van der Waals surface area contributed by atoms with Gasteiger partial charge in [0.05, 0.1) is 18.6 Å². The molecule has 5 nitrogen and oxygen atoms in total. The first-order valence-corrected chi connectivity index (χ1v) is 10.5. The smallest absolute Gasteiger partial charge is 0.232 e. The first-order chi connectivity index (χ1) is 13.1. The summed E-state index contributed by atoms with van der Waals surface area (Å²) in [4.78, 5) is 26.5. The third kappa shape index (κ3) is 6.04. The minimum atomic E-state index is -0.0388. The van der Waals surface area contributed by atoms with Gasteiger partial charge in [-0.1, -0.05) is 23.7 Å². The largest absolute Gasteiger partial charge is 0.467 e. The number of hydrogen-bond donors (Lipinski definition) is 1. The number of nitrogens with one attached hydrogen (secondary N) is 1.